The van der Waals surface area contributed by atoms with Gasteiger partial charge in [0, 0.05) is 25.5 Å². The fourth-order valence-corrected chi connectivity index (χ4v) is 4.53. The van der Waals surface area contributed by atoms with Crippen molar-refractivity contribution in [3.63, 3.8) is 0 Å². The molecule has 1 unspecified atom stereocenters. The van der Waals surface area contributed by atoms with Gasteiger partial charge in [0.05, 0.1) is 11.2 Å². The molecule has 0 fully saturated rings. The number of carbonyl (C=O) groups is 1. The molecule has 0 bridgehead atoms. The lowest BCUT2D eigenvalue weighted by molar-refractivity contribution is -0.123. The Labute approximate surface area is 189 Å². The van der Waals surface area contributed by atoms with Crippen LogP contribution >= 0.6 is 0 Å². The summed E-state index contributed by atoms with van der Waals surface area (Å²) in [6.45, 7) is 6.86. The number of imidazole rings is 1. The van der Waals surface area contributed by atoms with Gasteiger partial charge in [-0.15, -0.1) is 0 Å². The number of sulfonamides is 1. The second kappa shape index (κ2) is 10.6. The number of benzene rings is 2. The van der Waals surface area contributed by atoms with Crippen molar-refractivity contribution in [2.24, 2.45) is 5.92 Å². The van der Waals surface area contributed by atoms with Crippen LogP contribution in [0.25, 0.3) is 0 Å². The van der Waals surface area contributed by atoms with E-state index in [4.69, 9.17) is 0 Å². The van der Waals surface area contributed by atoms with Crippen molar-refractivity contribution in [2.45, 2.75) is 51.2 Å². The standard InChI is InChI=1S/C24H30N4O3S/c1-18(2)14-23(27-32(30,31)22-10-4-19(3)5-11-22)24(29)26-15-20-6-8-21(9-7-20)16-28-13-12-25-17-28/h4-13,17-18,23,27H,14-16H2,1-3H3,(H,26,29). The van der Waals surface area contributed by atoms with Gasteiger partial charge in [-0.2, -0.15) is 4.72 Å². The van der Waals surface area contributed by atoms with E-state index >= 15 is 0 Å². The van der Waals surface area contributed by atoms with Gasteiger partial charge in [-0.3, -0.25) is 4.79 Å². The average Bonchev–Trinajstić information content (AvgIpc) is 3.25. The van der Waals surface area contributed by atoms with Crippen molar-refractivity contribution in [1.82, 2.24) is 19.6 Å². The Hall–Kier alpha value is -2.97. The maximum Gasteiger partial charge on any atom is 0.241 e. The van der Waals surface area contributed by atoms with Crippen LogP contribution in [-0.2, 0) is 27.9 Å². The lowest BCUT2D eigenvalue weighted by Crippen LogP contribution is -2.47. The minimum absolute atomic E-state index is 0.147. The summed E-state index contributed by atoms with van der Waals surface area (Å²) in [6.07, 6.45) is 5.81. The lowest BCUT2D eigenvalue weighted by Gasteiger charge is -2.20. The number of nitrogens with one attached hydrogen (secondary N) is 2. The largest absolute Gasteiger partial charge is 0.351 e. The first-order valence-corrected chi connectivity index (χ1v) is 12.1. The summed E-state index contributed by atoms with van der Waals surface area (Å²) in [7, 11) is -3.80. The molecule has 32 heavy (non-hydrogen) atoms. The molecule has 0 saturated carbocycles. The minimum Gasteiger partial charge on any atom is -0.351 e. The monoisotopic (exact) mass is 454 g/mol. The van der Waals surface area contributed by atoms with Crippen molar-refractivity contribution in [1.29, 1.82) is 0 Å². The number of nitrogens with zero attached hydrogens (tertiary/aromatic N) is 2. The van der Waals surface area contributed by atoms with E-state index in [9.17, 15) is 13.2 Å². The molecule has 170 valence electrons. The molecule has 1 aromatic heterocycles. The third-order valence-electron chi connectivity index (χ3n) is 5.07. The predicted octanol–water partition coefficient (Wildman–Crippen LogP) is 3.25. The van der Waals surface area contributed by atoms with Crippen molar-refractivity contribution in [3.05, 3.63) is 83.9 Å². The van der Waals surface area contributed by atoms with Crippen molar-refractivity contribution in [3.8, 4) is 0 Å². The van der Waals surface area contributed by atoms with E-state index in [0.717, 1.165) is 23.2 Å². The van der Waals surface area contributed by atoms with Crippen LogP contribution in [0, 0.1) is 12.8 Å². The summed E-state index contributed by atoms with van der Waals surface area (Å²) < 4.78 is 30.1. The lowest BCUT2D eigenvalue weighted by atomic mass is 10.0. The highest BCUT2D eigenvalue weighted by Crippen LogP contribution is 2.14. The summed E-state index contributed by atoms with van der Waals surface area (Å²) in [6, 6.07) is 13.7. The van der Waals surface area contributed by atoms with E-state index in [1.807, 2.05) is 55.8 Å². The zero-order chi connectivity index (χ0) is 23.1. The second-order valence-corrected chi connectivity index (χ2v) is 10.1. The fraction of sp³-hybridized carbons (Fsp3) is 0.333. The highest BCUT2D eigenvalue weighted by atomic mass is 32.2. The van der Waals surface area contributed by atoms with E-state index in [1.54, 1.807) is 36.8 Å². The van der Waals surface area contributed by atoms with Gasteiger partial charge in [0.25, 0.3) is 0 Å². The number of hydrogen-bond acceptors (Lipinski definition) is 4. The summed E-state index contributed by atoms with van der Waals surface area (Å²) in [4.78, 5) is 17.0. The van der Waals surface area contributed by atoms with E-state index < -0.39 is 16.1 Å². The minimum atomic E-state index is -3.80. The third kappa shape index (κ3) is 6.77. The fourth-order valence-electron chi connectivity index (χ4n) is 3.32. The van der Waals surface area contributed by atoms with E-state index in [0.29, 0.717) is 13.0 Å². The molecule has 0 spiro atoms. The first-order valence-electron chi connectivity index (χ1n) is 10.6. The molecule has 2 aromatic carbocycles. The molecule has 7 nitrogen and oxygen atoms in total. The molecule has 0 aliphatic heterocycles. The van der Waals surface area contributed by atoms with E-state index in [2.05, 4.69) is 15.0 Å². The Balaban J connectivity index is 1.62. The number of aromatic nitrogens is 2. The summed E-state index contributed by atoms with van der Waals surface area (Å²) in [5.74, 6) is -0.189. The van der Waals surface area contributed by atoms with Crippen LogP contribution in [0.5, 0.6) is 0 Å². The predicted molar refractivity (Wildman–Crippen MR) is 124 cm³/mol. The number of carbonyl (C=O) groups excluding carboxylic acids is 1. The van der Waals surface area contributed by atoms with Gasteiger partial charge in [-0.25, -0.2) is 13.4 Å². The molecule has 0 saturated heterocycles. The molecule has 2 N–H and O–H groups in total. The molecule has 3 aromatic rings. The van der Waals surface area contributed by atoms with Gasteiger partial charge in [0.2, 0.25) is 15.9 Å². The van der Waals surface area contributed by atoms with Gasteiger partial charge in [-0.1, -0.05) is 55.8 Å². The number of rotatable bonds is 10. The van der Waals surface area contributed by atoms with Crippen LogP contribution in [0.4, 0.5) is 0 Å². The van der Waals surface area contributed by atoms with E-state index in [-0.39, 0.29) is 16.7 Å². The van der Waals surface area contributed by atoms with Crippen LogP contribution in [0.2, 0.25) is 0 Å². The van der Waals surface area contributed by atoms with Crippen molar-refractivity contribution >= 4 is 15.9 Å². The summed E-state index contributed by atoms with van der Waals surface area (Å²) in [5, 5.41) is 2.87. The van der Waals surface area contributed by atoms with Crippen LogP contribution in [0.1, 0.15) is 37.0 Å². The summed E-state index contributed by atoms with van der Waals surface area (Å²) >= 11 is 0. The number of amides is 1. The van der Waals surface area contributed by atoms with Crippen LogP contribution < -0.4 is 10.0 Å². The van der Waals surface area contributed by atoms with Gasteiger partial charge >= 0.3 is 0 Å². The van der Waals surface area contributed by atoms with E-state index in [1.165, 1.54) is 0 Å². The highest BCUT2D eigenvalue weighted by Gasteiger charge is 2.26. The first kappa shape index (κ1) is 23.7. The molecule has 1 heterocycles. The molecule has 1 amide bonds. The zero-order valence-electron chi connectivity index (χ0n) is 18.7. The van der Waals surface area contributed by atoms with Gasteiger partial charge in [-0.05, 0) is 42.5 Å². The quantitative estimate of drug-likeness (QED) is 0.492. The maximum absolute atomic E-state index is 12.8. The normalized spacial score (nSPS) is 12.6. The Morgan fingerprint density at radius 1 is 1.03 bits per heavy atom. The van der Waals surface area contributed by atoms with Crippen molar-refractivity contribution < 1.29 is 13.2 Å². The Morgan fingerprint density at radius 3 is 2.28 bits per heavy atom. The van der Waals surface area contributed by atoms with Gasteiger partial charge < -0.3 is 9.88 Å². The second-order valence-electron chi connectivity index (χ2n) is 8.39. The SMILES string of the molecule is Cc1ccc(S(=O)(=O)NC(CC(C)C)C(=O)NCc2ccc(Cn3ccnc3)cc2)cc1. The Morgan fingerprint density at radius 2 is 1.69 bits per heavy atom. The molecule has 8 heteroatoms. The Kier molecular flexibility index (Phi) is 7.82. The zero-order valence-corrected chi connectivity index (χ0v) is 19.5. The van der Waals surface area contributed by atoms with Crippen LogP contribution in [-0.4, -0.2) is 29.9 Å². The average molecular weight is 455 g/mol. The topological polar surface area (TPSA) is 93.1 Å². The number of hydrogen-bond donors (Lipinski definition) is 2. The molecule has 1 atom stereocenters. The molecule has 0 radical (unpaired) electrons. The third-order valence-corrected chi connectivity index (χ3v) is 6.55. The molecule has 0 aliphatic carbocycles. The first-order chi connectivity index (χ1) is 15.2. The van der Waals surface area contributed by atoms with Crippen LogP contribution in [0.15, 0.2) is 72.1 Å². The Bertz CT molecular complexity index is 1110. The van der Waals surface area contributed by atoms with Crippen molar-refractivity contribution in [2.75, 3.05) is 0 Å². The smallest absolute Gasteiger partial charge is 0.241 e. The number of aryl methyl sites for hydroxylation is 1. The maximum atomic E-state index is 12.8. The molecular formula is C24H30N4O3S. The highest BCUT2D eigenvalue weighted by molar-refractivity contribution is 7.89. The molecule has 3 rings (SSSR count). The molecule has 0 aliphatic rings. The summed E-state index contributed by atoms with van der Waals surface area (Å²) in [5.41, 5.74) is 3.04. The van der Waals surface area contributed by atoms with Crippen LogP contribution in [0.3, 0.4) is 0 Å². The molecular weight excluding hydrogens is 424 g/mol. The van der Waals surface area contributed by atoms with Gasteiger partial charge in [0.1, 0.15) is 6.04 Å². The van der Waals surface area contributed by atoms with Gasteiger partial charge in [0.15, 0.2) is 0 Å².